The second kappa shape index (κ2) is 9.67. The van der Waals surface area contributed by atoms with E-state index in [1.165, 1.54) is 0 Å². The first-order chi connectivity index (χ1) is 13.4. The van der Waals surface area contributed by atoms with E-state index in [9.17, 15) is 4.79 Å². The minimum atomic E-state index is -2.01. The molecule has 0 aromatic heterocycles. The van der Waals surface area contributed by atoms with Crippen LogP contribution in [0, 0.1) is 5.41 Å². The number of benzene rings is 1. The first kappa shape index (κ1) is 27.1. The molecule has 0 saturated heterocycles. The van der Waals surface area contributed by atoms with Gasteiger partial charge >= 0.3 is 5.97 Å². The quantitative estimate of drug-likeness (QED) is 0.306. The topological polar surface area (TPSA) is 44.8 Å². The van der Waals surface area contributed by atoms with Gasteiger partial charge < -0.3 is 13.6 Å². The van der Waals surface area contributed by atoms with Crippen molar-refractivity contribution in [1.29, 1.82) is 0 Å². The molecular formula is C24H44O4Si2. The Labute approximate surface area is 187 Å². The fourth-order valence-electron chi connectivity index (χ4n) is 2.17. The fraction of sp³-hybridized carbons (Fsp3) is 0.708. The Bertz CT molecular complexity index is 655. The Hall–Kier alpha value is -0.956. The molecule has 0 unspecified atom stereocenters. The van der Waals surface area contributed by atoms with E-state index in [1.54, 1.807) is 0 Å². The zero-order chi connectivity index (χ0) is 23.4. The average molecular weight is 453 g/mol. The summed E-state index contributed by atoms with van der Waals surface area (Å²) in [4.78, 5) is 13.2. The summed E-state index contributed by atoms with van der Waals surface area (Å²) in [6.45, 7) is 24.9. The Morgan fingerprint density at radius 1 is 0.767 bits per heavy atom. The maximum absolute atomic E-state index is 13.2. The van der Waals surface area contributed by atoms with Crippen molar-refractivity contribution in [3.63, 3.8) is 0 Å². The molecular weight excluding hydrogens is 408 g/mol. The van der Waals surface area contributed by atoms with Gasteiger partial charge in [0.15, 0.2) is 16.6 Å². The molecule has 0 fully saturated rings. The number of hydrogen-bond acceptors (Lipinski definition) is 4. The molecule has 30 heavy (non-hydrogen) atoms. The van der Waals surface area contributed by atoms with Crippen LogP contribution in [0.5, 0.6) is 0 Å². The lowest BCUT2D eigenvalue weighted by Gasteiger charge is -2.41. The molecule has 1 aromatic rings. The van der Waals surface area contributed by atoms with Crippen molar-refractivity contribution in [2.75, 3.05) is 13.2 Å². The Morgan fingerprint density at radius 3 is 1.53 bits per heavy atom. The Morgan fingerprint density at radius 2 is 1.17 bits per heavy atom. The number of carbonyl (C=O) groups is 1. The van der Waals surface area contributed by atoms with E-state index in [4.69, 9.17) is 13.6 Å². The number of ether oxygens (including phenoxy) is 1. The summed E-state index contributed by atoms with van der Waals surface area (Å²) in [5.74, 6) is -0.260. The van der Waals surface area contributed by atoms with Crippen LogP contribution in [0.1, 0.15) is 54.0 Å². The Kier molecular flexibility index (Phi) is 8.73. The van der Waals surface area contributed by atoms with Crippen LogP contribution in [0.2, 0.25) is 36.3 Å². The van der Waals surface area contributed by atoms with E-state index in [1.807, 2.05) is 37.3 Å². The molecule has 0 aliphatic carbocycles. The van der Waals surface area contributed by atoms with Crippen LogP contribution in [-0.2, 0) is 25.0 Å². The molecule has 1 rings (SSSR count). The van der Waals surface area contributed by atoms with Crippen molar-refractivity contribution in [1.82, 2.24) is 0 Å². The molecule has 6 heteroatoms. The van der Waals surface area contributed by atoms with Gasteiger partial charge in [-0.25, -0.2) is 0 Å². The molecule has 4 nitrogen and oxygen atoms in total. The zero-order valence-electron chi connectivity index (χ0n) is 21.1. The summed E-state index contributed by atoms with van der Waals surface area (Å²) in [5.41, 5.74) is 0.128. The van der Waals surface area contributed by atoms with Crippen molar-refractivity contribution >= 4 is 22.6 Å². The van der Waals surface area contributed by atoms with E-state index in [2.05, 4.69) is 67.7 Å². The summed E-state index contributed by atoms with van der Waals surface area (Å²) in [6.07, 6.45) is 0. The maximum Gasteiger partial charge on any atom is 0.316 e. The zero-order valence-corrected chi connectivity index (χ0v) is 23.1. The SMILES string of the molecule is CC(CO[Si](C)(C)C(C)(C)C)(CO[Si](C)(C)C(C)(C)C)C(=O)OCc1ccccc1. The van der Waals surface area contributed by atoms with Crippen molar-refractivity contribution in [3.8, 4) is 0 Å². The third-order valence-electron chi connectivity index (χ3n) is 6.82. The molecule has 1 aromatic carbocycles. The van der Waals surface area contributed by atoms with Gasteiger partial charge in [-0.05, 0) is 48.8 Å². The molecule has 0 heterocycles. The molecule has 0 N–H and O–H groups in total. The lowest BCUT2D eigenvalue weighted by Crippen LogP contribution is -2.50. The van der Waals surface area contributed by atoms with Crippen LogP contribution < -0.4 is 0 Å². The van der Waals surface area contributed by atoms with Crippen LogP contribution in [0.3, 0.4) is 0 Å². The van der Waals surface area contributed by atoms with Crippen molar-refractivity contribution in [3.05, 3.63) is 35.9 Å². The molecule has 0 amide bonds. The number of carbonyl (C=O) groups excluding carboxylic acids is 1. The van der Waals surface area contributed by atoms with Crippen molar-refractivity contribution in [2.45, 2.75) is 91.3 Å². The predicted octanol–water partition coefficient (Wildman–Crippen LogP) is 6.78. The molecule has 172 valence electrons. The van der Waals surface area contributed by atoms with Gasteiger partial charge in [0.2, 0.25) is 0 Å². The first-order valence-electron chi connectivity index (χ1n) is 10.9. The fourth-order valence-corrected chi connectivity index (χ4v) is 4.39. The third kappa shape index (κ3) is 7.32. The molecule has 0 aliphatic heterocycles. The number of esters is 1. The number of hydrogen-bond donors (Lipinski definition) is 0. The van der Waals surface area contributed by atoms with Gasteiger partial charge in [-0.1, -0.05) is 71.9 Å². The summed E-state index contributed by atoms with van der Waals surface area (Å²) in [6, 6.07) is 9.77. The van der Waals surface area contributed by atoms with Crippen LogP contribution in [-0.4, -0.2) is 35.8 Å². The van der Waals surface area contributed by atoms with Gasteiger partial charge in [-0.2, -0.15) is 0 Å². The van der Waals surface area contributed by atoms with Crippen LogP contribution in [0.25, 0.3) is 0 Å². The van der Waals surface area contributed by atoms with E-state index in [-0.39, 0.29) is 22.7 Å². The monoisotopic (exact) mass is 452 g/mol. The Balaban J connectivity index is 3.00. The van der Waals surface area contributed by atoms with Crippen molar-refractivity contribution < 1.29 is 18.4 Å². The van der Waals surface area contributed by atoms with Gasteiger partial charge in [0, 0.05) is 0 Å². The van der Waals surface area contributed by atoms with Crippen LogP contribution >= 0.6 is 0 Å². The molecule has 0 radical (unpaired) electrons. The number of rotatable bonds is 9. The molecule has 0 saturated carbocycles. The third-order valence-corrected chi connectivity index (χ3v) is 15.8. The van der Waals surface area contributed by atoms with E-state index in [0.717, 1.165) is 5.56 Å². The second-order valence-electron chi connectivity index (χ2n) is 11.7. The molecule has 0 atom stereocenters. The highest BCUT2D eigenvalue weighted by Crippen LogP contribution is 2.40. The highest BCUT2D eigenvalue weighted by molar-refractivity contribution is 6.74. The largest absolute Gasteiger partial charge is 0.460 e. The normalized spacial score (nSPS) is 14.0. The van der Waals surface area contributed by atoms with Crippen LogP contribution in [0.15, 0.2) is 30.3 Å². The lowest BCUT2D eigenvalue weighted by atomic mass is 9.93. The molecule has 0 aliphatic rings. The van der Waals surface area contributed by atoms with E-state index in [0.29, 0.717) is 13.2 Å². The smallest absolute Gasteiger partial charge is 0.316 e. The lowest BCUT2D eigenvalue weighted by molar-refractivity contribution is -0.160. The van der Waals surface area contributed by atoms with Gasteiger partial charge in [0.1, 0.15) is 12.0 Å². The summed E-state index contributed by atoms with van der Waals surface area (Å²) < 4.78 is 18.6. The highest BCUT2D eigenvalue weighted by Gasteiger charge is 2.45. The standard InChI is InChI=1S/C24H44O4Si2/c1-22(2,3)29(8,9)27-18-24(7,19-28-30(10,11)23(4,5)6)21(25)26-17-20-15-13-12-14-16-20/h12-16H,17-19H2,1-11H3. The second-order valence-corrected chi connectivity index (χ2v) is 21.3. The average Bonchev–Trinajstić information content (AvgIpc) is 2.62. The van der Waals surface area contributed by atoms with Gasteiger partial charge in [0.05, 0.1) is 13.2 Å². The summed E-state index contributed by atoms with van der Waals surface area (Å²) in [5, 5.41) is 0.143. The molecule has 0 spiro atoms. The maximum atomic E-state index is 13.2. The summed E-state index contributed by atoms with van der Waals surface area (Å²) in [7, 11) is -4.02. The highest BCUT2D eigenvalue weighted by atomic mass is 28.4. The predicted molar refractivity (Wildman–Crippen MR) is 131 cm³/mol. The van der Waals surface area contributed by atoms with E-state index >= 15 is 0 Å². The van der Waals surface area contributed by atoms with Gasteiger partial charge in [-0.3, -0.25) is 4.79 Å². The van der Waals surface area contributed by atoms with Crippen LogP contribution in [0.4, 0.5) is 0 Å². The summed E-state index contributed by atoms with van der Waals surface area (Å²) >= 11 is 0. The van der Waals surface area contributed by atoms with E-state index < -0.39 is 22.0 Å². The minimum absolute atomic E-state index is 0.0716. The molecule has 0 bridgehead atoms. The van der Waals surface area contributed by atoms with Gasteiger partial charge in [0.25, 0.3) is 0 Å². The minimum Gasteiger partial charge on any atom is -0.460 e. The van der Waals surface area contributed by atoms with Crippen molar-refractivity contribution in [2.24, 2.45) is 5.41 Å². The van der Waals surface area contributed by atoms with Gasteiger partial charge in [-0.15, -0.1) is 0 Å². The first-order valence-corrected chi connectivity index (χ1v) is 16.7.